The highest BCUT2D eigenvalue weighted by Gasteiger charge is 2.37. The van der Waals surface area contributed by atoms with Crippen molar-refractivity contribution in [1.29, 1.82) is 0 Å². The summed E-state index contributed by atoms with van der Waals surface area (Å²) in [5, 5.41) is 5.01. The molecular weight excluding hydrogens is 641 g/mol. The van der Waals surface area contributed by atoms with Crippen molar-refractivity contribution in [2.24, 2.45) is 0 Å². The summed E-state index contributed by atoms with van der Waals surface area (Å²) in [6, 6.07) is 65.3. The van der Waals surface area contributed by atoms with E-state index < -0.39 is 0 Å². The fourth-order valence-corrected chi connectivity index (χ4v) is 8.46. The van der Waals surface area contributed by atoms with Crippen molar-refractivity contribution in [3.8, 4) is 67.3 Å². The van der Waals surface area contributed by atoms with Gasteiger partial charge >= 0.3 is 0 Å². The van der Waals surface area contributed by atoms with Crippen LogP contribution < -0.4 is 0 Å². The summed E-state index contributed by atoms with van der Waals surface area (Å²) >= 11 is 0. The van der Waals surface area contributed by atoms with Crippen molar-refractivity contribution >= 4 is 21.5 Å². The van der Waals surface area contributed by atoms with Gasteiger partial charge in [0.25, 0.3) is 0 Å². The molecule has 2 heteroatoms. The van der Waals surface area contributed by atoms with E-state index in [1.54, 1.807) is 0 Å². The highest BCUT2D eigenvalue weighted by atomic mass is 14.9. The molecule has 0 atom stereocenters. The average Bonchev–Trinajstić information content (AvgIpc) is 3.46. The van der Waals surface area contributed by atoms with E-state index in [9.17, 15) is 0 Å². The van der Waals surface area contributed by atoms with Gasteiger partial charge in [-0.05, 0) is 78.2 Å². The first-order valence-corrected chi connectivity index (χ1v) is 18.3. The lowest BCUT2D eigenvalue weighted by atomic mass is 9.79. The number of aromatic nitrogens is 2. The van der Waals surface area contributed by atoms with Crippen molar-refractivity contribution in [3.63, 3.8) is 0 Å². The number of rotatable bonds is 5. The molecule has 0 aliphatic heterocycles. The molecule has 0 amide bonds. The number of benzene rings is 8. The third-order valence-corrected chi connectivity index (χ3v) is 11.1. The second-order valence-corrected chi connectivity index (χ2v) is 14.6. The first kappa shape index (κ1) is 31.1. The van der Waals surface area contributed by atoms with Crippen LogP contribution in [0.3, 0.4) is 0 Å². The third kappa shape index (κ3) is 5.18. The van der Waals surface area contributed by atoms with Crippen molar-refractivity contribution < 1.29 is 0 Å². The Labute approximate surface area is 310 Å². The summed E-state index contributed by atoms with van der Waals surface area (Å²) in [6.45, 7) is 4.75. The topological polar surface area (TPSA) is 25.8 Å². The van der Waals surface area contributed by atoms with Crippen LogP contribution in [-0.4, -0.2) is 9.97 Å². The molecule has 2 nitrogen and oxygen atoms in total. The molecule has 0 saturated carbocycles. The fourth-order valence-electron chi connectivity index (χ4n) is 8.46. The maximum atomic E-state index is 5.22. The predicted octanol–water partition coefficient (Wildman–Crippen LogP) is 13.4. The van der Waals surface area contributed by atoms with Gasteiger partial charge in [0.15, 0.2) is 5.82 Å². The molecule has 0 spiro atoms. The number of hydrogen-bond donors (Lipinski definition) is 0. The summed E-state index contributed by atoms with van der Waals surface area (Å²) in [6.07, 6.45) is 0. The summed E-state index contributed by atoms with van der Waals surface area (Å²) < 4.78 is 0. The Kier molecular flexibility index (Phi) is 7.19. The van der Waals surface area contributed by atoms with Gasteiger partial charge in [-0.15, -0.1) is 0 Å². The minimum absolute atomic E-state index is 0.123. The molecule has 0 saturated heterocycles. The minimum Gasteiger partial charge on any atom is -0.228 e. The molecule has 1 heterocycles. The van der Waals surface area contributed by atoms with Crippen LogP contribution in [0.5, 0.6) is 0 Å². The molecule has 1 aliphatic rings. The van der Waals surface area contributed by atoms with E-state index in [1.165, 1.54) is 66.1 Å². The Hall–Kier alpha value is -6.64. The maximum Gasteiger partial charge on any atom is 0.160 e. The van der Waals surface area contributed by atoms with Crippen molar-refractivity contribution in [3.05, 3.63) is 193 Å². The molecule has 10 rings (SSSR count). The SMILES string of the molecule is CC1(C)c2cc(-c3ccc(-c4cc(-c5ccc(-c6ccccc6)cc5)nc(-c5ccccc5)n4)c4ccccc34)ccc2-c2ccc3ccccc3c21. The molecule has 0 fully saturated rings. The van der Waals surface area contributed by atoms with Crippen LogP contribution in [0.4, 0.5) is 0 Å². The largest absolute Gasteiger partial charge is 0.228 e. The third-order valence-electron chi connectivity index (χ3n) is 11.1. The lowest BCUT2D eigenvalue weighted by molar-refractivity contribution is 0.666. The Balaban J connectivity index is 1.10. The van der Waals surface area contributed by atoms with Crippen LogP contribution in [0.1, 0.15) is 25.0 Å². The van der Waals surface area contributed by atoms with Crippen LogP contribution in [0.25, 0.3) is 88.8 Å². The van der Waals surface area contributed by atoms with Gasteiger partial charge in [0.2, 0.25) is 0 Å². The standard InChI is InChI=1S/C51H36N2/c1-51(2)46-31-38(26-27-43(46)45-28-25-35-15-9-10-18-40(35)49(45)51)39-29-30-44(42-20-12-11-19-41(39)42)48-32-47(52-50(53-48)37-16-7-4-8-17-37)36-23-21-34(22-24-36)33-13-5-3-6-14-33/h3-32H,1-2H3. The second-order valence-electron chi connectivity index (χ2n) is 14.6. The normalized spacial score (nSPS) is 12.9. The molecule has 1 aliphatic carbocycles. The molecule has 0 unspecified atom stereocenters. The van der Waals surface area contributed by atoms with Crippen molar-refractivity contribution in [1.82, 2.24) is 9.97 Å². The number of nitrogens with zero attached hydrogens (tertiary/aromatic N) is 2. The van der Waals surface area contributed by atoms with Crippen molar-refractivity contribution in [2.75, 3.05) is 0 Å². The Morgan fingerprint density at radius 3 is 1.64 bits per heavy atom. The Morgan fingerprint density at radius 1 is 0.358 bits per heavy atom. The number of fused-ring (bicyclic) bond motifs is 6. The lowest BCUT2D eigenvalue weighted by Crippen LogP contribution is -2.15. The van der Waals surface area contributed by atoms with Gasteiger partial charge in [-0.2, -0.15) is 0 Å². The van der Waals surface area contributed by atoms with Gasteiger partial charge in [0.05, 0.1) is 11.4 Å². The lowest BCUT2D eigenvalue weighted by Gasteiger charge is -2.24. The van der Waals surface area contributed by atoms with Gasteiger partial charge in [0.1, 0.15) is 0 Å². The minimum atomic E-state index is -0.123. The molecule has 9 aromatic rings. The van der Waals surface area contributed by atoms with E-state index in [4.69, 9.17) is 9.97 Å². The highest BCUT2D eigenvalue weighted by Crippen LogP contribution is 2.52. The van der Waals surface area contributed by atoms with Gasteiger partial charge in [0, 0.05) is 22.1 Å². The van der Waals surface area contributed by atoms with Crippen LogP contribution in [0, 0.1) is 0 Å². The zero-order chi connectivity index (χ0) is 35.5. The molecule has 53 heavy (non-hydrogen) atoms. The van der Waals surface area contributed by atoms with Crippen LogP contribution >= 0.6 is 0 Å². The van der Waals surface area contributed by atoms with Gasteiger partial charge in [-0.25, -0.2) is 9.97 Å². The molecule has 8 aromatic carbocycles. The van der Waals surface area contributed by atoms with Crippen molar-refractivity contribution in [2.45, 2.75) is 19.3 Å². The van der Waals surface area contributed by atoms with E-state index in [0.717, 1.165) is 28.1 Å². The Bertz CT molecular complexity index is 2830. The van der Waals surface area contributed by atoms with E-state index in [2.05, 4.69) is 178 Å². The number of hydrogen-bond acceptors (Lipinski definition) is 2. The summed E-state index contributed by atoms with van der Waals surface area (Å²) in [7, 11) is 0. The van der Waals surface area contributed by atoms with Crippen LogP contribution in [0.15, 0.2) is 182 Å². The van der Waals surface area contributed by atoms with E-state index in [1.807, 2.05) is 18.2 Å². The summed E-state index contributed by atoms with van der Waals surface area (Å²) in [5.74, 6) is 0.714. The molecule has 0 N–H and O–H groups in total. The van der Waals surface area contributed by atoms with Crippen LogP contribution in [0.2, 0.25) is 0 Å². The molecule has 1 aromatic heterocycles. The van der Waals surface area contributed by atoms with E-state index in [-0.39, 0.29) is 5.41 Å². The van der Waals surface area contributed by atoms with Crippen LogP contribution in [-0.2, 0) is 5.41 Å². The Morgan fingerprint density at radius 2 is 0.887 bits per heavy atom. The molecular formula is C51H36N2. The predicted molar refractivity (Wildman–Crippen MR) is 222 cm³/mol. The first-order valence-electron chi connectivity index (χ1n) is 18.3. The average molecular weight is 677 g/mol. The quantitative estimate of drug-likeness (QED) is 0.181. The van der Waals surface area contributed by atoms with Gasteiger partial charge in [-0.1, -0.05) is 184 Å². The molecule has 0 bridgehead atoms. The monoisotopic (exact) mass is 676 g/mol. The second kappa shape index (κ2) is 12.3. The zero-order valence-corrected chi connectivity index (χ0v) is 29.7. The highest BCUT2D eigenvalue weighted by molar-refractivity contribution is 6.05. The van der Waals surface area contributed by atoms with E-state index >= 15 is 0 Å². The maximum absolute atomic E-state index is 5.22. The van der Waals surface area contributed by atoms with Gasteiger partial charge < -0.3 is 0 Å². The van der Waals surface area contributed by atoms with E-state index in [0.29, 0.717) is 5.82 Å². The first-order chi connectivity index (χ1) is 26.0. The smallest absolute Gasteiger partial charge is 0.160 e. The zero-order valence-electron chi connectivity index (χ0n) is 29.7. The summed E-state index contributed by atoms with van der Waals surface area (Å²) in [4.78, 5) is 10.3. The molecule has 250 valence electrons. The van der Waals surface area contributed by atoms with Gasteiger partial charge in [-0.3, -0.25) is 0 Å². The summed E-state index contributed by atoms with van der Waals surface area (Å²) in [5.41, 5.74) is 15.1. The fraction of sp³-hybridized carbons (Fsp3) is 0.0588. The molecule has 0 radical (unpaired) electrons.